The Kier molecular flexibility index (Phi) is 9.84. The molecule has 0 fully saturated rings. The number of hydroxylamine groups is 1. The number of halogens is 1. The summed E-state index contributed by atoms with van der Waals surface area (Å²) < 4.78 is 24.7. The lowest BCUT2D eigenvalue weighted by Gasteiger charge is -2.15. The van der Waals surface area contributed by atoms with Crippen molar-refractivity contribution in [3.63, 3.8) is 0 Å². The number of nitrogens with one attached hydrogen (secondary N) is 1. The van der Waals surface area contributed by atoms with E-state index >= 15 is 0 Å². The molecule has 0 unspecified atom stereocenters. The van der Waals surface area contributed by atoms with Crippen molar-refractivity contribution in [3.8, 4) is 5.75 Å². The molecule has 0 saturated heterocycles. The van der Waals surface area contributed by atoms with E-state index in [9.17, 15) is 9.18 Å². The molecule has 0 aliphatic rings. The van der Waals surface area contributed by atoms with Crippen LogP contribution in [0.2, 0.25) is 0 Å². The first kappa shape index (κ1) is 25.3. The van der Waals surface area contributed by atoms with E-state index in [-0.39, 0.29) is 29.3 Å². The molecule has 0 saturated carbocycles. The largest absolute Gasteiger partial charge is 0.494 e. The van der Waals surface area contributed by atoms with Gasteiger partial charge in [-0.05, 0) is 24.6 Å². The first-order valence-electron chi connectivity index (χ1n) is 9.85. The minimum Gasteiger partial charge on any atom is -0.494 e. The van der Waals surface area contributed by atoms with Crippen molar-refractivity contribution in [1.29, 1.82) is 0 Å². The molecule has 33 heavy (non-hydrogen) atoms. The minimum atomic E-state index is -0.665. The van der Waals surface area contributed by atoms with Gasteiger partial charge in [0.1, 0.15) is 38.1 Å². The number of esters is 1. The molecule has 2 aromatic carbocycles. The van der Waals surface area contributed by atoms with Gasteiger partial charge < -0.3 is 19.1 Å². The Morgan fingerprint density at radius 3 is 2.36 bits per heavy atom. The topological polar surface area (TPSA) is 100.0 Å². The Balaban J connectivity index is 2.17. The Bertz CT molecular complexity index is 1040. The molecule has 2 aromatic rings. The third-order valence-corrected chi connectivity index (χ3v) is 4.23. The van der Waals surface area contributed by atoms with Gasteiger partial charge in [-0.3, -0.25) is 10.3 Å². The number of carbonyl (C=O) groups excluding carboxylic acids is 1. The maximum absolute atomic E-state index is 14.6. The highest BCUT2D eigenvalue weighted by Gasteiger charge is 2.20. The van der Waals surface area contributed by atoms with Gasteiger partial charge in [-0.1, -0.05) is 41.2 Å². The third-order valence-electron chi connectivity index (χ3n) is 4.23. The SMILES string of the molecule is C=C(NOCc1ccccc1C(=NOC)C(=O)OC)C(=NOC)c1ccc(OCC)cc1F. The fourth-order valence-electron chi connectivity index (χ4n) is 2.81. The monoisotopic (exact) mass is 459 g/mol. The van der Waals surface area contributed by atoms with Crippen molar-refractivity contribution in [2.75, 3.05) is 27.9 Å². The highest BCUT2D eigenvalue weighted by molar-refractivity contribution is 6.43. The quantitative estimate of drug-likeness (QED) is 0.295. The van der Waals surface area contributed by atoms with E-state index in [1.165, 1.54) is 33.5 Å². The standard InChI is InChI=1S/C23H26FN3O6/c1-6-32-17-11-12-19(20(24)13-17)21(26-30-4)15(2)25-33-14-16-9-7-8-10-18(16)22(27-31-5)23(28)29-3/h7-13,25H,2,6,14H2,1,3-5H3. The molecular formula is C23H26FN3O6. The number of methoxy groups -OCH3 is 1. The summed E-state index contributed by atoms with van der Waals surface area (Å²) in [6.07, 6.45) is 0. The van der Waals surface area contributed by atoms with E-state index in [0.717, 1.165) is 0 Å². The van der Waals surface area contributed by atoms with Crippen LogP contribution in [0.5, 0.6) is 5.75 Å². The highest BCUT2D eigenvalue weighted by atomic mass is 19.1. The van der Waals surface area contributed by atoms with E-state index in [1.807, 2.05) is 0 Å². The van der Waals surface area contributed by atoms with Crippen molar-refractivity contribution in [1.82, 2.24) is 5.48 Å². The van der Waals surface area contributed by atoms with Crippen LogP contribution in [0.25, 0.3) is 0 Å². The zero-order chi connectivity index (χ0) is 24.2. The molecule has 0 atom stereocenters. The van der Waals surface area contributed by atoms with E-state index < -0.39 is 11.8 Å². The molecule has 0 amide bonds. The van der Waals surface area contributed by atoms with Crippen molar-refractivity contribution in [2.24, 2.45) is 10.3 Å². The van der Waals surface area contributed by atoms with Gasteiger partial charge in [-0.15, -0.1) is 0 Å². The maximum atomic E-state index is 14.6. The highest BCUT2D eigenvalue weighted by Crippen LogP contribution is 2.20. The normalized spacial score (nSPS) is 11.5. The lowest BCUT2D eigenvalue weighted by atomic mass is 10.0. The van der Waals surface area contributed by atoms with E-state index in [1.54, 1.807) is 37.3 Å². The maximum Gasteiger partial charge on any atom is 0.360 e. The smallest absolute Gasteiger partial charge is 0.360 e. The van der Waals surface area contributed by atoms with Crippen LogP contribution in [0.3, 0.4) is 0 Å². The number of nitrogens with zero attached hydrogens (tertiary/aromatic N) is 2. The average molecular weight is 459 g/mol. The molecular weight excluding hydrogens is 433 g/mol. The van der Waals surface area contributed by atoms with E-state index in [0.29, 0.717) is 23.5 Å². The third kappa shape index (κ3) is 6.78. The van der Waals surface area contributed by atoms with Crippen molar-refractivity contribution < 1.29 is 33.2 Å². The molecule has 176 valence electrons. The molecule has 0 aliphatic carbocycles. The Morgan fingerprint density at radius 2 is 1.73 bits per heavy atom. The molecule has 2 rings (SSSR count). The predicted octanol–water partition coefficient (Wildman–Crippen LogP) is 3.33. The van der Waals surface area contributed by atoms with Gasteiger partial charge >= 0.3 is 5.97 Å². The Hall–Kier alpha value is -3.92. The van der Waals surface area contributed by atoms with Crippen LogP contribution in [-0.2, 0) is 30.7 Å². The van der Waals surface area contributed by atoms with Crippen LogP contribution in [0.1, 0.15) is 23.6 Å². The molecule has 0 heterocycles. The van der Waals surface area contributed by atoms with Gasteiger partial charge in [-0.25, -0.2) is 9.18 Å². The molecule has 9 nitrogen and oxygen atoms in total. The molecule has 0 aromatic heterocycles. The summed E-state index contributed by atoms with van der Waals surface area (Å²) in [5.41, 5.74) is 4.07. The van der Waals surface area contributed by atoms with Gasteiger partial charge in [0.05, 0.1) is 19.4 Å². The van der Waals surface area contributed by atoms with Gasteiger partial charge in [0.15, 0.2) is 5.71 Å². The second-order valence-electron chi connectivity index (χ2n) is 6.34. The number of hydrogen-bond donors (Lipinski definition) is 1. The summed E-state index contributed by atoms with van der Waals surface area (Å²) in [7, 11) is 3.90. The fraction of sp³-hybridized carbons (Fsp3) is 0.261. The second-order valence-corrected chi connectivity index (χ2v) is 6.34. The van der Waals surface area contributed by atoms with Crippen LogP contribution in [0.4, 0.5) is 4.39 Å². The van der Waals surface area contributed by atoms with Crippen LogP contribution in [-0.4, -0.2) is 45.3 Å². The summed E-state index contributed by atoms with van der Waals surface area (Å²) >= 11 is 0. The molecule has 0 radical (unpaired) electrons. The molecule has 0 bridgehead atoms. The van der Waals surface area contributed by atoms with Crippen LogP contribution >= 0.6 is 0 Å². The Labute approximate surface area is 191 Å². The van der Waals surface area contributed by atoms with Gasteiger partial charge in [0.2, 0.25) is 0 Å². The predicted molar refractivity (Wildman–Crippen MR) is 120 cm³/mol. The van der Waals surface area contributed by atoms with Crippen LogP contribution in [0, 0.1) is 5.82 Å². The summed E-state index contributed by atoms with van der Waals surface area (Å²) in [6, 6.07) is 11.3. The number of hydrogen-bond acceptors (Lipinski definition) is 9. The molecule has 1 N–H and O–H groups in total. The van der Waals surface area contributed by atoms with Crippen molar-refractivity contribution in [2.45, 2.75) is 13.5 Å². The zero-order valence-corrected chi connectivity index (χ0v) is 18.9. The van der Waals surface area contributed by atoms with E-state index in [2.05, 4.69) is 22.4 Å². The van der Waals surface area contributed by atoms with Crippen molar-refractivity contribution in [3.05, 3.63) is 77.2 Å². The Morgan fingerprint density at radius 1 is 1.03 bits per heavy atom. The minimum absolute atomic E-state index is 0.000937. The van der Waals surface area contributed by atoms with E-state index in [4.69, 9.17) is 24.0 Å². The van der Waals surface area contributed by atoms with Gasteiger partial charge in [0.25, 0.3) is 0 Å². The summed E-state index contributed by atoms with van der Waals surface area (Å²) in [5, 5.41) is 7.61. The molecule has 0 aliphatic heterocycles. The number of ether oxygens (including phenoxy) is 2. The fourth-order valence-corrected chi connectivity index (χ4v) is 2.81. The lowest BCUT2D eigenvalue weighted by molar-refractivity contribution is -0.132. The summed E-state index contributed by atoms with van der Waals surface area (Å²) in [6.45, 7) is 6.06. The number of oxime groups is 2. The number of allylic oxidation sites excluding steroid dienone is 1. The lowest BCUT2D eigenvalue weighted by Crippen LogP contribution is -2.23. The summed E-state index contributed by atoms with van der Waals surface area (Å²) in [4.78, 5) is 27.2. The van der Waals surface area contributed by atoms with Crippen LogP contribution < -0.4 is 10.2 Å². The van der Waals surface area contributed by atoms with Gasteiger partial charge in [-0.2, -0.15) is 0 Å². The molecule has 10 heteroatoms. The number of carbonyl (C=O) groups is 1. The number of benzene rings is 2. The average Bonchev–Trinajstić information content (AvgIpc) is 2.81. The van der Waals surface area contributed by atoms with Gasteiger partial charge in [0, 0.05) is 17.2 Å². The zero-order valence-electron chi connectivity index (χ0n) is 18.9. The number of rotatable bonds is 12. The first-order chi connectivity index (χ1) is 16.0. The second kappa shape index (κ2) is 12.8. The van der Waals surface area contributed by atoms with Crippen molar-refractivity contribution >= 4 is 17.4 Å². The van der Waals surface area contributed by atoms with Crippen LogP contribution in [0.15, 0.2) is 65.1 Å². The first-order valence-corrected chi connectivity index (χ1v) is 9.85. The summed E-state index contributed by atoms with van der Waals surface area (Å²) in [5.74, 6) is -0.841. The molecule has 0 spiro atoms.